The molecule has 2 rings (SSSR count). The van der Waals surface area contributed by atoms with E-state index >= 15 is 0 Å². The van der Waals surface area contributed by atoms with Crippen LogP contribution in [0.25, 0.3) is 0 Å². The molecule has 2 fully saturated rings. The lowest BCUT2D eigenvalue weighted by Crippen LogP contribution is -2.38. The van der Waals surface area contributed by atoms with E-state index in [-0.39, 0.29) is 17.9 Å². The van der Waals surface area contributed by atoms with Crippen molar-refractivity contribution >= 4 is 12.3 Å². The minimum absolute atomic E-state index is 0.0396. The highest BCUT2D eigenvalue weighted by atomic mass is 16.5. The topological polar surface area (TPSA) is 58.6 Å². The van der Waals surface area contributed by atoms with Crippen molar-refractivity contribution in [2.45, 2.75) is 25.3 Å². The molecule has 1 saturated carbocycles. The second kappa shape index (κ2) is 4.41. The second-order valence-corrected chi connectivity index (χ2v) is 4.76. The van der Waals surface area contributed by atoms with Crippen LogP contribution in [0.3, 0.4) is 0 Å². The monoisotopic (exact) mass is 226 g/mol. The Labute approximate surface area is 95.1 Å². The first kappa shape index (κ1) is 11.4. The Hall–Kier alpha value is -1.10. The van der Waals surface area contributed by atoms with Crippen molar-refractivity contribution in [3.8, 4) is 0 Å². The van der Waals surface area contributed by atoms with Gasteiger partial charge in [-0.1, -0.05) is 0 Å². The molecule has 1 aliphatic carbocycles. The Kier molecular flexibility index (Phi) is 3.14. The predicted octanol–water partition coefficient (Wildman–Crippen LogP) is -0.240. The van der Waals surface area contributed by atoms with Gasteiger partial charge in [0.15, 0.2) is 0 Å². The molecule has 2 amide bonds. The molecule has 0 radical (unpaired) electrons. The maximum Gasteiger partial charge on any atom is 0.246 e. The lowest BCUT2D eigenvalue weighted by molar-refractivity contribution is -0.125. The van der Waals surface area contributed by atoms with Gasteiger partial charge in [-0.2, -0.15) is 0 Å². The zero-order valence-electron chi connectivity index (χ0n) is 9.57. The number of hydrogen-bond donors (Lipinski definition) is 1. The van der Waals surface area contributed by atoms with Crippen molar-refractivity contribution in [3.05, 3.63) is 0 Å². The number of nitrogens with zero attached hydrogens (tertiary/aromatic N) is 1. The number of piperidine rings is 1. The quantitative estimate of drug-likeness (QED) is 0.673. The summed E-state index contributed by atoms with van der Waals surface area (Å²) < 4.78 is 4.78. The van der Waals surface area contributed by atoms with Crippen LogP contribution in [0.1, 0.15) is 19.3 Å². The number of rotatable bonds is 4. The van der Waals surface area contributed by atoms with E-state index in [0.717, 1.165) is 38.8 Å². The van der Waals surface area contributed by atoms with Gasteiger partial charge in [-0.25, -0.2) is 0 Å². The molecule has 5 nitrogen and oxygen atoms in total. The molecule has 5 heteroatoms. The van der Waals surface area contributed by atoms with Crippen LogP contribution < -0.4 is 5.32 Å². The first-order valence-corrected chi connectivity index (χ1v) is 5.68. The average molecular weight is 226 g/mol. The molecule has 16 heavy (non-hydrogen) atoms. The van der Waals surface area contributed by atoms with Crippen molar-refractivity contribution < 1.29 is 14.3 Å². The van der Waals surface area contributed by atoms with E-state index in [0.29, 0.717) is 6.04 Å². The molecule has 1 spiro atoms. The number of ether oxygens (including phenoxy) is 1. The van der Waals surface area contributed by atoms with Gasteiger partial charge in [-0.3, -0.25) is 9.59 Å². The van der Waals surface area contributed by atoms with Gasteiger partial charge >= 0.3 is 0 Å². The van der Waals surface area contributed by atoms with E-state index in [1.165, 1.54) is 7.11 Å². The summed E-state index contributed by atoms with van der Waals surface area (Å²) in [7, 11) is 1.52. The highest BCUT2D eigenvalue weighted by Gasteiger charge is 2.55. The van der Waals surface area contributed by atoms with Crippen LogP contribution in [0.5, 0.6) is 0 Å². The highest BCUT2D eigenvalue weighted by Crippen LogP contribution is 2.53. The Morgan fingerprint density at radius 3 is 2.81 bits per heavy atom. The number of carbonyl (C=O) groups excluding carboxylic acids is 2. The fourth-order valence-electron chi connectivity index (χ4n) is 2.55. The van der Waals surface area contributed by atoms with Crippen LogP contribution in [0.2, 0.25) is 0 Å². The van der Waals surface area contributed by atoms with Crippen LogP contribution in [-0.2, 0) is 14.3 Å². The van der Waals surface area contributed by atoms with Crippen molar-refractivity contribution in [3.63, 3.8) is 0 Å². The Morgan fingerprint density at radius 1 is 1.56 bits per heavy atom. The molecule has 1 heterocycles. The summed E-state index contributed by atoms with van der Waals surface area (Å²) in [4.78, 5) is 23.7. The third kappa shape index (κ3) is 2.19. The number of methoxy groups -OCH3 is 1. The van der Waals surface area contributed by atoms with Crippen LogP contribution in [-0.4, -0.2) is 50.1 Å². The predicted molar refractivity (Wildman–Crippen MR) is 57.7 cm³/mol. The first-order valence-electron chi connectivity index (χ1n) is 5.68. The molecule has 0 unspecified atom stereocenters. The smallest absolute Gasteiger partial charge is 0.246 e. The molecular weight excluding hydrogens is 208 g/mol. The summed E-state index contributed by atoms with van der Waals surface area (Å²) >= 11 is 0. The first-order chi connectivity index (χ1) is 7.70. The summed E-state index contributed by atoms with van der Waals surface area (Å²) in [5.41, 5.74) is 0.267. The zero-order chi connectivity index (χ0) is 11.6. The van der Waals surface area contributed by atoms with Crippen LogP contribution in [0, 0.1) is 5.41 Å². The lowest BCUT2D eigenvalue weighted by Gasteiger charge is -2.30. The van der Waals surface area contributed by atoms with Gasteiger partial charge in [0.25, 0.3) is 0 Å². The van der Waals surface area contributed by atoms with Crippen molar-refractivity contribution in [1.82, 2.24) is 10.2 Å². The molecular formula is C11H18N2O3. The van der Waals surface area contributed by atoms with Crippen molar-refractivity contribution in [2.24, 2.45) is 5.41 Å². The van der Waals surface area contributed by atoms with Gasteiger partial charge in [0, 0.05) is 26.2 Å². The zero-order valence-corrected chi connectivity index (χ0v) is 9.57. The SMILES string of the molecule is COCC(=O)N[C@H]1CC12CCN(C=O)CC2. The van der Waals surface area contributed by atoms with E-state index in [1.54, 1.807) is 4.90 Å². The summed E-state index contributed by atoms with van der Waals surface area (Å²) in [6, 6.07) is 0.295. The standard InChI is InChI=1S/C11H18N2O3/c1-16-7-10(15)12-9-6-11(9)2-4-13(8-14)5-3-11/h8-9H,2-7H2,1H3,(H,12,15)/t9-/m0/s1. The van der Waals surface area contributed by atoms with Crippen LogP contribution in [0.15, 0.2) is 0 Å². The van der Waals surface area contributed by atoms with E-state index in [2.05, 4.69) is 5.32 Å². The van der Waals surface area contributed by atoms with Gasteiger partial charge in [0.1, 0.15) is 6.61 Å². The summed E-state index contributed by atoms with van der Waals surface area (Å²) in [5.74, 6) is -0.0396. The fraction of sp³-hybridized carbons (Fsp3) is 0.818. The minimum Gasteiger partial charge on any atom is -0.375 e. The van der Waals surface area contributed by atoms with Gasteiger partial charge in [-0.05, 0) is 24.7 Å². The highest BCUT2D eigenvalue weighted by molar-refractivity contribution is 5.78. The normalized spacial score (nSPS) is 26.6. The number of nitrogens with one attached hydrogen (secondary N) is 1. The van der Waals surface area contributed by atoms with E-state index in [1.807, 2.05) is 0 Å². The number of hydrogen-bond acceptors (Lipinski definition) is 3. The number of carbonyl (C=O) groups is 2. The summed E-state index contributed by atoms with van der Waals surface area (Å²) in [6.07, 6.45) is 3.97. The number of likely N-dealkylation sites (tertiary alicyclic amines) is 1. The second-order valence-electron chi connectivity index (χ2n) is 4.76. The summed E-state index contributed by atoms with van der Waals surface area (Å²) in [6.45, 7) is 1.77. The maximum absolute atomic E-state index is 11.3. The maximum atomic E-state index is 11.3. The molecule has 0 aromatic carbocycles. The van der Waals surface area contributed by atoms with E-state index in [4.69, 9.17) is 4.74 Å². The molecule has 0 aromatic rings. The van der Waals surface area contributed by atoms with Crippen LogP contribution >= 0.6 is 0 Å². The molecule has 0 aromatic heterocycles. The molecule has 1 N–H and O–H groups in total. The molecule has 0 bridgehead atoms. The lowest BCUT2D eigenvalue weighted by atomic mass is 9.93. The average Bonchev–Trinajstić information content (AvgIpc) is 2.92. The third-order valence-corrected chi connectivity index (χ3v) is 3.74. The Balaban J connectivity index is 1.77. The van der Waals surface area contributed by atoms with Gasteiger partial charge in [0.2, 0.25) is 12.3 Å². The fourth-order valence-corrected chi connectivity index (χ4v) is 2.55. The third-order valence-electron chi connectivity index (χ3n) is 3.74. The molecule has 2 aliphatic rings. The Bertz CT molecular complexity index is 285. The van der Waals surface area contributed by atoms with Crippen molar-refractivity contribution in [2.75, 3.05) is 26.8 Å². The van der Waals surface area contributed by atoms with Gasteiger partial charge < -0.3 is 15.0 Å². The molecule has 90 valence electrons. The number of amides is 2. The molecule has 1 aliphatic heterocycles. The molecule has 1 atom stereocenters. The van der Waals surface area contributed by atoms with Crippen LogP contribution in [0.4, 0.5) is 0 Å². The minimum atomic E-state index is -0.0396. The Morgan fingerprint density at radius 2 is 2.25 bits per heavy atom. The van der Waals surface area contributed by atoms with Crippen molar-refractivity contribution in [1.29, 1.82) is 0 Å². The van der Waals surface area contributed by atoms with E-state index in [9.17, 15) is 9.59 Å². The van der Waals surface area contributed by atoms with Gasteiger partial charge in [-0.15, -0.1) is 0 Å². The largest absolute Gasteiger partial charge is 0.375 e. The van der Waals surface area contributed by atoms with Gasteiger partial charge in [0.05, 0.1) is 0 Å². The summed E-state index contributed by atoms with van der Waals surface area (Å²) in [5, 5.41) is 2.98. The van der Waals surface area contributed by atoms with E-state index < -0.39 is 0 Å². The molecule has 1 saturated heterocycles.